The standard InChI is InChI=1S/C16H24N6O/c1-13-11-17-15(20-13)12-18-16(23)22-9-3-2-5-14(22)6-10-21-8-4-7-19-21/h4,7-8,11,14H,2-3,5-6,9-10,12H2,1H3,(H,17,20)(H,18,23). The molecule has 2 N–H and O–H groups in total. The maximum Gasteiger partial charge on any atom is 0.318 e. The van der Waals surface area contributed by atoms with E-state index in [0.717, 1.165) is 43.9 Å². The third kappa shape index (κ3) is 4.12. The molecule has 0 saturated carbocycles. The number of aromatic amines is 1. The molecule has 124 valence electrons. The maximum absolute atomic E-state index is 12.5. The number of amides is 2. The fraction of sp³-hybridized carbons (Fsp3) is 0.562. The molecule has 2 aromatic heterocycles. The summed E-state index contributed by atoms with van der Waals surface area (Å²) in [6, 6.07) is 2.21. The normalized spacial score (nSPS) is 18.1. The molecular formula is C16H24N6O. The van der Waals surface area contributed by atoms with Crippen LogP contribution in [0.25, 0.3) is 0 Å². The monoisotopic (exact) mass is 316 g/mol. The van der Waals surface area contributed by atoms with Crippen LogP contribution in [0.15, 0.2) is 24.7 Å². The Labute approximate surface area is 136 Å². The predicted octanol–water partition coefficient (Wildman–Crippen LogP) is 2.07. The van der Waals surface area contributed by atoms with Gasteiger partial charge in [-0.25, -0.2) is 9.78 Å². The Hall–Kier alpha value is -2.31. The van der Waals surface area contributed by atoms with Crippen LogP contribution < -0.4 is 5.32 Å². The minimum Gasteiger partial charge on any atom is -0.345 e. The predicted molar refractivity (Wildman–Crippen MR) is 86.7 cm³/mol. The van der Waals surface area contributed by atoms with Gasteiger partial charge in [0.25, 0.3) is 0 Å². The summed E-state index contributed by atoms with van der Waals surface area (Å²) in [5, 5.41) is 7.21. The molecule has 1 aliphatic rings. The quantitative estimate of drug-likeness (QED) is 0.886. The number of carbonyl (C=O) groups is 1. The van der Waals surface area contributed by atoms with Gasteiger partial charge in [0.1, 0.15) is 5.82 Å². The fourth-order valence-corrected chi connectivity index (χ4v) is 3.10. The molecule has 0 radical (unpaired) electrons. The first-order valence-corrected chi connectivity index (χ1v) is 8.25. The number of aromatic nitrogens is 4. The number of urea groups is 1. The molecule has 3 heterocycles. The number of nitrogens with one attached hydrogen (secondary N) is 2. The molecule has 1 unspecified atom stereocenters. The largest absolute Gasteiger partial charge is 0.345 e. The van der Waals surface area contributed by atoms with E-state index in [9.17, 15) is 4.79 Å². The third-order valence-corrected chi connectivity index (χ3v) is 4.30. The Morgan fingerprint density at radius 3 is 3.13 bits per heavy atom. The number of imidazole rings is 1. The number of H-pyrrole nitrogens is 1. The van der Waals surface area contributed by atoms with Crippen LogP contribution in [0.2, 0.25) is 0 Å². The molecule has 0 spiro atoms. The van der Waals surface area contributed by atoms with Crippen molar-refractivity contribution >= 4 is 6.03 Å². The highest BCUT2D eigenvalue weighted by molar-refractivity contribution is 5.74. The Balaban J connectivity index is 1.53. The van der Waals surface area contributed by atoms with Gasteiger partial charge >= 0.3 is 6.03 Å². The number of hydrogen-bond donors (Lipinski definition) is 2. The van der Waals surface area contributed by atoms with Crippen molar-refractivity contribution in [1.82, 2.24) is 30.0 Å². The number of rotatable bonds is 5. The Morgan fingerprint density at radius 1 is 1.48 bits per heavy atom. The van der Waals surface area contributed by atoms with Crippen LogP contribution in [0, 0.1) is 6.92 Å². The van der Waals surface area contributed by atoms with Gasteiger partial charge in [-0.3, -0.25) is 4.68 Å². The lowest BCUT2D eigenvalue weighted by Gasteiger charge is -2.35. The maximum atomic E-state index is 12.5. The zero-order valence-electron chi connectivity index (χ0n) is 13.5. The van der Waals surface area contributed by atoms with Crippen LogP contribution >= 0.6 is 0 Å². The smallest absolute Gasteiger partial charge is 0.318 e. The molecule has 7 heteroatoms. The second-order valence-corrected chi connectivity index (χ2v) is 6.07. The Kier molecular flexibility index (Phi) is 4.95. The SMILES string of the molecule is Cc1cnc(CNC(=O)N2CCCCC2CCn2cccn2)[nH]1. The van der Waals surface area contributed by atoms with E-state index in [1.54, 1.807) is 12.4 Å². The molecule has 3 rings (SSSR count). The number of nitrogens with zero attached hydrogens (tertiary/aromatic N) is 4. The van der Waals surface area contributed by atoms with Gasteiger partial charge < -0.3 is 15.2 Å². The third-order valence-electron chi connectivity index (χ3n) is 4.30. The van der Waals surface area contributed by atoms with Crippen LogP contribution in [0.3, 0.4) is 0 Å². The first-order valence-electron chi connectivity index (χ1n) is 8.25. The van der Waals surface area contributed by atoms with Crippen molar-refractivity contribution in [3.05, 3.63) is 36.2 Å². The van der Waals surface area contributed by atoms with Crippen LogP contribution in [-0.4, -0.2) is 43.3 Å². The van der Waals surface area contributed by atoms with E-state index in [4.69, 9.17) is 0 Å². The average molecular weight is 316 g/mol. The summed E-state index contributed by atoms with van der Waals surface area (Å²) in [5.74, 6) is 0.793. The van der Waals surface area contributed by atoms with E-state index in [-0.39, 0.29) is 12.1 Å². The van der Waals surface area contributed by atoms with Crippen molar-refractivity contribution in [2.24, 2.45) is 0 Å². The van der Waals surface area contributed by atoms with E-state index in [2.05, 4.69) is 20.4 Å². The minimum absolute atomic E-state index is 0.00391. The van der Waals surface area contributed by atoms with E-state index in [1.807, 2.05) is 28.8 Å². The summed E-state index contributed by atoms with van der Waals surface area (Å²) in [4.78, 5) is 21.8. The molecule has 7 nitrogen and oxygen atoms in total. The molecule has 0 aromatic carbocycles. The van der Waals surface area contributed by atoms with Gasteiger partial charge in [0.05, 0.1) is 6.54 Å². The van der Waals surface area contributed by atoms with Gasteiger partial charge in [-0.2, -0.15) is 5.10 Å². The van der Waals surface area contributed by atoms with Crippen LogP contribution in [0.1, 0.15) is 37.2 Å². The van der Waals surface area contributed by atoms with Crippen LogP contribution in [0.4, 0.5) is 4.79 Å². The molecule has 23 heavy (non-hydrogen) atoms. The minimum atomic E-state index is 0.00391. The number of aryl methyl sites for hydroxylation is 2. The first kappa shape index (κ1) is 15.6. The van der Waals surface area contributed by atoms with E-state index >= 15 is 0 Å². The van der Waals surface area contributed by atoms with Crippen molar-refractivity contribution in [2.45, 2.75) is 51.7 Å². The number of piperidine rings is 1. The van der Waals surface area contributed by atoms with Gasteiger partial charge in [-0.15, -0.1) is 0 Å². The topological polar surface area (TPSA) is 78.8 Å². The molecule has 2 aromatic rings. The molecule has 1 fully saturated rings. The van der Waals surface area contributed by atoms with Gasteiger partial charge in [0.2, 0.25) is 0 Å². The van der Waals surface area contributed by atoms with Gasteiger partial charge in [0, 0.05) is 43.4 Å². The number of likely N-dealkylation sites (tertiary alicyclic amines) is 1. The van der Waals surface area contributed by atoms with Crippen molar-refractivity contribution in [3.63, 3.8) is 0 Å². The van der Waals surface area contributed by atoms with E-state index in [1.165, 1.54) is 6.42 Å². The fourth-order valence-electron chi connectivity index (χ4n) is 3.10. The van der Waals surface area contributed by atoms with Crippen molar-refractivity contribution < 1.29 is 4.79 Å². The van der Waals surface area contributed by atoms with Crippen LogP contribution in [-0.2, 0) is 13.1 Å². The second kappa shape index (κ2) is 7.30. The zero-order chi connectivity index (χ0) is 16.1. The highest BCUT2D eigenvalue weighted by Gasteiger charge is 2.26. The zero-order valence-corrected chi connectivity index (χ0v) is 13.5. The summed E-state index contributed by atoms with van der Waals surface area (Å²) in [6.45, 7) is 4.06. The van der Waals surface area contributed by atoms with E-state index in [0.29, 0.717) is 6.54 Å². The Morgan fingerprint density at radius 2 is 2.39 bits per heavy atom. The lowest BCUT2D eigenvalue weighted by Crippen LogP contribution is -2.48. The van der Waals surface area contributed by atoms with E-state index < -0.39 is 0 Å². The molecule has 0 bridgehead atoms. The molecule has 1 atom stereocenters. The summed E-state index contributed by atoms with van der Waals surface area (Å²) < 4.78 is 1.93. The summed E-state index contributed by atoms with van der Waals surface area (Å²) in [7, 11) is 0. The highest BCUT2D eigenvalue weighted by atomic mass is 16.2. The van der Waals surface area contributed by atoms with Crippen molar-refractivity contribution in [1.29, 1.82) is 0 Å². The summed E-state index contributed by atoms with van der Waals surface area (Å²) in [6.07, 6.45) is 9.79. The summed E-state index contributed by atoms with van der Waals surface area (Å²) in [5.41, 5.74) is 1.00. The van der Waals surface area contributed by atoms with Crippen molar-refractivity contribution in [2.75, 3.05) is 6.54 Å². The molecular weight excluding hydrogens is 292 g/mol. The molecule has 0 aliphatic carbocycles. The van der Waals surface area contributed by atoms with Gasteiger partial charge in [0.15, 0.2) is 0 Å². The van der Waals surface area contributed by atoms with Gasteiger partial charge in [-0.1, -0.05) is 0 Å². The lowest BCUT2D eigenvalue weighted by atomic mass is 10.00. The first-order chi connectivity index (χ1) is 11.2. The molecule has 2 amide bonds. The molecule has 1 saturated heterocycles. The molecule has 1 aliphatic heterocycles. The number of hydrogen-bond acceptors (Lipinski definition) is 3. The average Bonchev–Trinajstić information content (AvgIpc) is 3.22. The summed E-state index contributed by atoms with van der Waals surface area (Å²) >= 11 is 0. The van der Waals surface area contributed by atoms with Crippen LogP contribution in [0.5, 0.6) is 0 Å². The Bertz CT molecular complexity index is 620. The van der Waals surface area contributed by atoms with Gasteiger partial charge in [-0.05, 0) is 38.7 Å². The van der Waals surface area contributed by atoms with Crippen molar-refractivity contribution in [3.8, 4) is 0 Å². The highest BCUT2D eigenvalue weighted by Crippen LogP contribution is 2.20. The second-order valence-electron chi connectivity index (χ2n) is 6.07. The number of carbonyl (C=O) groups excluding carboxylic acids is 1. The lowest BCUT2D eigenvalue weighted by molar-refractivity contribution is 0.142.